The van der Waals surface area contributed by atoms with Crippen molar-refractivity contribution in [2.75, 3.05) is 0 Å². The van der Waals surface area contributed by atoms with Crippen LogP contribution < -0.4 is 0 Å². The Morgan fingerprint density at radius 1 is 1.33 bits per heavy atom. The molecular weight excluding hydrogens is 246 g/mol. The van der Waals surface area contributed by atoms with Crippen LogP contribution in [0.4, 0.5) is 0 Å². The van der Waals surface area contributed by atoms with Crippen molar-refractivity contribution in [3.63, 3.8) is 0 Å². The van der Waals surface area contributed by atoms with Crippen LogP contribution in [0.3, 0.4) is 0 Å². The lowest BCUT2D eigenvalue weighted by Gasteiger charge is -2.07. The maximum Gasteiger partial charge on any atom is 0.178 e. The first kappa shape index (κ1) is 11.6. The Kier molecular flexibility index (Phi) is 3.00. The van der Waals surface area contributed by atoms with Gasteiger partial charge in [0.05, 0.1) is 11.6 Å². The second kappa shape index (κ2) is 4.65. The summed E-state index contributed by atoms with van der Waals surface area (Å²) < 4.78 is 0. The highest BCUT2D eigenvalue weighted by Gasteiger charge is 2.28. The quantitative estimate of drug-likeness (QED) is 0.793. The van der Waals surface area contributed by atoms with Crippen molar-refractivity contribution >= 4 is 11.6 Å². The number of hydrogen-bond acceptors (Lipinski definition) is 3. The zero-order valence-corrected chi connectivity index (χ0v) is 11.0. The van der Waals surface area contributed by atoms with Gasteiger partial charge in [-0.05, 0) is 37.5 Å². The molecule has 0 aliphatic heterocycles. The van der Waals surface area contributed by atoms with E-state index in [0.717, 1.165) is 22.5 Å². The van der Waals surface area contributed by atoms with Gasteiger partial charge in [0, 0.05) is 23.9 Å². The molecule has 0 saturated heterocycles. The molecule has 0 aromatic carbocycles. The van der Waals surface area contributed by atoms with Crippen molar-refractivity contribution in [2.24, 2.45) is 0 Å². The van der Waals surface area contributed by atoms with Gasteiger partial charge in [0.2, 0.25) is 0 Å². The Morgan fingerprint density at radius 3 is 2.83 bits per heavy atom. The molecule has 4 heteroatoms. The van der Waals surface area contributed by atoms with E-state index in [1.165, 1.54) is 12.8 Å². The Bertz CT molecular complexity index is 579. The van der Waals surface area contributed by atoms with Crippen molar-refractivity contribution in [3.8, 4) is 11.5 Å². The largest absolute Gasteiger partial charge is 0.253 e. The summed E-state index contributed by atoms with van der Waals surface area (Å²) in [6.07, 6.45) is 6.05. The van der Waals surface area contributed by atoms with Crippen LogP contribution in [0, 0.1) is 6.92 Å². The molecule has 1 aliphatic rings. The van der Waals surface area contributed by atoms with Crippen molar-refractivity contribution in [1.82, 2.24) is 15.0 Å². The second-order valence-electron chi connectivity index (χ2n) is 4.73. The molecule has 2 aromatic rings. The molecule has 18 heavy (non-hydrogen) atoms. The van der Waals surface area contributed by atoms with Crippen LogP contribution in [-0.4, -0.2) is 15.0 Å². The molecule has 1 aliphatic carbocycles. The normalized spacial score (nSPS) is 14.8. The lowest BCUT2D eigenvalue weighted by atomic mass is 10.1. The molecule has 0 spiro atoms. The Balaban J connectivity index is 2.05. The van der Waals surface area contributed by atoms with Crippen LogP contribution in [0.15, 0.2) is 24.5 Å². The monoisotopic (exact) mass is 259 g/mol. The van der Waals surface area contributed by atoms with Crippen LogP contribution in [0.2, 0.25) is 0 Å². The van der Waals surface area contributed by atoms with Gasteiger partial charge in [0.25, 0.3) is 0 Å². The van der Waals surface area contributed by atoms with E-state index in [1.807, 2.05) is 25.3 Å². The molecule has 0 atom stereocenters. The number of hydrogen-bond donors (Lipinski definition) is 0. The van der Waals surface area contributed by atoms with E-state index in [-0.39, 0.29) is 0 Å². The number of rotatable bonds is 3. The first-order valence-corrected chi connectivity index (χ1v) is 6.66. The van der Waals surface area contributed by atoms with E-state index in [4.69, 9.17) is 11.6 Å². The highest BCUT2D eigenvalue weighted by atomic mass is 35.5. The summed E-state index contributed by atoms with van der Waals surface area (Å²) in [5.74, 6) is 1.76. The SMILES string of the molecule is Cc1ccnc(-c2ncc(CCl)c(C3CC3)n2)c1. The van der Waals surface area contributed by atoms with E-state index < -0.39 is 0 Å². The minimum absolute atomic E-state index is 0.480. The van der Waals surface area contributed by atoms with E-state index in [0.29, 0.717) is 17.6 Å². The van der Waals surface area contributed by atoms with E-state index in [9.17, 15) is 0 Å². The summed E-state index contributed by atoms with van der Waals surface area (Å²) in [7, 11) is 0. The summed E-state index contributed by atoms with van der Waals surface area (Å²) in [5, 5.41) is 0. The van der Waals surface area contributed by atoms with Gasteiger partial charge in [-0.2, -0.15) is 0 Å². The number of alkyl halides is 1. The van der Waals surface area contributed by atoms with Gasteiger partial charge < -0.3 is 0 Å². The molecule has 3 rings (SSSR count). The summed E-state index contributed by atoms with van der Waals surface area (Å²) in [4.78, 5) is 13.4. The van der Waals surface area contributed by atoms with Crippen molar-refractivity contribution in [3.05, 3.63) is 41.3 Å². The maximum atomic E-state index is 5.93. The predicted molar refractivity (Wildman–Crippen MR) is 71.5 cm³/mol. The number of nitrogens with zero attached hydrogens (tertiary/aromatic N) is 3. The fourth-order valence-corrected chi connectivity index (χ4v) is 2.22. The molecule has 0 bridgehead atoms. The standard InChI is InChI=1S/C14H14ClN3/c1-9-4-5-16-12(6-9)14-17-8-11(7-15)13(18-14)10-2-3-10/h4-6,8,10H,2-3,7H2,1H3. The van der Waals surface area contributed by atoms with Crippen LogP contribution in [-0.2, 0) is 5.88 Å². The van der Waals surface area contributed by atoms with Crippen LogP contribution in [0.1, 0.15) is 35.6 Å². The highest BCUT2D eigenvalue weighted by Crippen LogP contribution is 2.41. The number of pyridine rings is 1. The zero-order chi connectivity index (χ0) is 12.5. The third kappa shape index (κ3) is 2.23. The number of halogens is 1. The van der Waals surface area contributed by atoms with E-state index in [2.05, 4.69) is 15.0 Å². The van der Waals surface area contributed by atoms with Gasteiger partial charge >= 0.3 is 0 Å². The summed E-state index contributed by atoms with van der Waals surface area (Å²) >= 11 is 5.93. The van der Waals surface area contributed by atoms with Gasteiger partial charge in [-0.1, -0.05) is 0 Å². The van der Waals surface area contributed by atoms with Gasteiger partial charge in [0.1, 0.15) is 5.69 Å². The Hall–Kier alpha value is -1.48. The molecule has 3 nitrogen and oxygen atoms in total. The summed E-state index contributed by atoms with van der Waals surface area (Å²) in [6.45, 7) is 2.04. The minimum atomic E-state index is 0.480. The van der Waals surface area contributed by atoms with Gasteiger partial charge in [-0.3, -0.25) is 4.98 Å². The molecular formula is C14H14ClN3. The minimum Gasteiger partial charge on any atom is -0.253 e. The van der Waals surface area contributed by atoms with Crippen molar-refractivity contribution < 1.29 is 0 Å². The highest BCUT2D eigenvalue weighted by molar-refractivity contribution is 6.17. The van der Waals surface area contributed by atoms with Gasteiger partial charge in [0.15, 0.2) is 5.82 Å². The molecule has 1 fully saturated rings. The predicted octanol–water partition coefficient (Wildman–Crippen LogP) is 3.46. The molecule has 92 valence electrons. The molecule has 0 N–H and O–H groups in total. The average Bonchev–Trinajstić information content (AvgIpc) is 3.22. The maximum absolute atomic E-state index is 5.93. The summed E-state index contributed by atoms with van der Waals surface area (Å²) in [5.41, 5.74) is 4.16. The fourth-order valence-electron chi connectivity index (χ4n) is 2.02. The lowest BCUT2D eigenvalue weighted by molar-refractivity contribution is 0.953. The molecule has 2 aromatic heterocycles. The summed E-state index contributed by atoms with van der Waals surface area (Å²) in [6, 6.07) is 3.98. The lowest BCUT2D eigenvalue weighted by Crippen LogP contribution is -2.00. The molecule has 1 saturated carbocycles. The zero-order valence-electron chi connectivity index (χ0n) is 10.2. The Labute approximate surface area is 111 Å². The first-order valence-electron chi connectivity index (χ1n) is 6.12. The van der Waals surface area contributed by atoms with Crippen LogP contribution >= 0.6 is 11.6 Å². The molecule has 0 amide bonds. The fraction of sp³-hybridized carbons (Fsp3) is 0.357. The molecule has 2 heterocycles. The molecule has 0 unspecified atom stereocenters. The average molecular weight is 260 g/mol. The topological polar surface area (TPSA) is 38.7 Å². The Morgan fingerprint density at radius 2 is 2.17 bits per heavy atom. The second-order valence-corrected chi connectivity index (χ2v) is 5.00. The van der Waals surface area contributed by atoms with E-state index in [1.54, 1.807) is 6.20 Å². The van der Waals surface area contributed by atoms with Crippen LogP contribution in [0.25, 0.3) is 11.5 Å². The first-order chi connectivity index (χ1) is 8.78. The molecule has 0 radical (unpaired) electrons. The smallest absolute Gasteiger partial charge is 0.178 e. The van der Waals surface area contributed by atoms with Crippen molar-refractivity contribution in [1.29, 1.82) is 0 Å². The third-order valence-corrected chi connectivity index (χ3v) is 3.44. The number of aryl methyl sites for hydroxylation is 1. The van der Waals surface area contributed by atoms with E-state index >= 15 is 0 Å². The van der Waals surface area contributed by atoms with Crippen molar-refractivity contribution in [2.45, 2.75) is 31.6 Å². The number of aromatic nitrogens is 3. The van der Waals surface area contributed by atoms with Gasteiger partial charge in [-0.25, -0.2) is 9.97 Å². The van der Waals surface area contributed by atoms with Gasteiger partial charge in [-0.15, -0.1) is 11.6 Å². The third-order valence-electron chi connectivity index (χ3n) is 3.15. The van der Waals surface area contributed by atoms with Crippen LogP contribution in [0.5, 0.6) is 0 Å².